The maximum atomic E-state index is 5.11. The molecule has 0 atom stereocenters. The van der Waals surface area contributed by atoms with E-state index in [1.54, 1.807) is 0 Å². The lowest BCUT2D eigenvalue weighted by atomic mass is 10.2. The van der Waals surface area contributed by atoms with Gasteiger partial charge in [-0.1, -0.05) is 19.8 Å². The SMILES string of the molecule is C#CCN(C)CC(C)C. The number of nitrogens with zero attached hydrogens (tertiary/aromatic N) is 1. The zero-order valence-electron chi connectivity index (χ0n) is 6.52. The number of hydrogen-bond donors (Lipinski definition) is 0. The fourth-order valence-electron chi connectivity index (χ4n) is 0.844. The molecule has 0 unspecified atom stereocenters. The Morgan fingerprint density at radius 2 is 2.11 bits per heavy atom. The van der Waals surface area contributed by atoms with Crippen LogP contribution in [0.5, 0.6) is 0 Å². The topological polar surface area (TPSA) is 3.24 Å². The van der Waals surface area contributed by atoms with Crippen LogP contribution in [-0.2, 0) is 0 Å². The van der Waals surface area contributed by atoms with Crippen LogP contribution in [0.15, 0.2) is 0 Å². The van der Waals surface area contributed by atoms with Gasteiger partial charge in [-0.05, 0) is 13.0 Å². The van der Waals surface area contributed by atoms with Crippen molar-refractivity contribution in [2.75, 3.05) is 20.1 Å². The first-order chi connectivity index (χ1) is 4.16. The van der Waals surface area contributed by atoms with Crippen molar-refractivity contribution in [2.45, 2.75) is 13.8 Å². The van der Waals surface area contributed by atoms with E-state index in [1.165, 1.54) is 0 Å². The Balaban J connectivity index is 3.29. The Morgan fingerprint density at radius 1 is 1.56 bits per heavy atom. The summed E-state index contributed by atoms with van der Waals surface area (Å²) in [6, 6.07) is 0. The Kier molecular flexibility index (Phi) is 4.17. The molecule has 0 radical (unpaired) electrons. The number of rotatable bonds is 3. The molecule has 0 aliphatic heterocycles. The van der Waals surface area contributed by atoms with E-state index in [4.69, 9.17) is 6.42 Å². The highest BCUT2D eigenvalue weighted by molar-refractivity contribution is 4.87. The lowest BCUT2D eigenvalue weighted by Gasteiger charge is -2.14. The Morgan fingerprint density at radius 3 is 2.44 bits per heavy atom. The van der Waals surface area contributed by atoms with Crippen LogP contribution in [0.1, 0.15) is 13.8 Å². The molecule has 9 heavy (non-hydrogen) atoms. The van der Waals surface area contributed by atoms with Crippen LogP contribution >= 0.6 is 0 Å². The highest BCUT2D eigenvalue weighted by Crippen LogP contribution is 1.93. The summed E-state index contributed by atoms with van der Waals surface area (Å²) >= 11 is 0. The van der Waals surface area contributed by atoms with Gasteiger partial charge in [0.1, 0.15) is 0 Å². The highest BCUT2D eigenvalue weighted by atomic mass is 15.1. The van der Waals surface area contributed by atoms with Crippen LogP contribution in [0.3, 0.4) is 0 Å². The predicted molar refractivity (Wildman–Crippen MR) is 41.2 cm³/mol. The van der Waals surface area contributed by atoms with Crippen LogP contribution < -0.4 is 0 Å². The molecule has 0 aromatic rings. The Labute approximate surface area is 58.1 Å². The summed E-state index contributed by atoms with van der Waals surface area (Å²) in [5.74, 6) is 3.31. The van der Waals surface area contributed by atoms with Gasteiger partial charge in [-0.3, -0.25) is 4.90 Å². The summed E-state index contributed by atoms with van der Waals surface area (Å²) in [4.78, 5) is 2.14. The minimum Gasteiger partial charge on any atom is -0.295 e. The van der Waals surface area contributed by atoms with E-state index in [2.05, 4.69) is 24.7 Å². The molecule has 0 heterocycles. The second-order valence-electron chi connectivity index (χ2n) is 2.79. The van der Waals surface area contributed by atoms with E-state index in [9.17, 15) is 0 Å². The molecular formula is C8H15N. The van der Waals surface area contributed by atoms with Gasteiger partial charge in [-0.2, -0.15) is 0 Å². The fourth-order valence-corrected chi connectivity index (χ4v) is 0.844. The molecule has 0 saturated heterocycles. The molecule has 52 valence electrons. The minimum atomic E-state index is 0.711. The highest BCUT2D eigenvalue weighted by Gasteiger charge is 1.97. The smallest absolute Gasteiger partial charge is 0.0596 e. The van der Waals surface area contributed by atoms with Crippen molar-refractivity contribution in [3.63, 3.8) is 0 Å². The third kappa shape index (κ3) is 5.39. The van der Waals surface area contributed by atoms with Crippen molar-refractivity contribution in [3.8, 4) is 12.3 Å². The second kappa shape index (κ2) is 4.40. The number of hydrogen-bond acceptors (Lipinski definition) is 1. The quantitative estimate of drug-likeness (QED) is 0.512. The summed E-state index contributed by atoms with van der Waals surface area (Å²) in [5, 5.41) is 0. The standard InChI is InChI=1S/C8H15N/c1-5-6-9(4)7-8(2)3/h1,8H,6-7H2,2-4H3. The summed E-state index contributed by atoms with van der Waals surface area (Å²) in [7, 11) is 2.04. The molecule has 1 heteroatoms. The lowest BCUT2D eigenvalue weighted by Crippen LogP contribution is -2.23. The zero-order chi connectivity index (χ0) is 7.28. The molecule has 0 N–H and O–H groups in total. The average Bonchev–Trinajstić information content (AvgIpc) is 1.63. The van der Waals surface area contributed by atoms with E-state index in [-0.39, 0.29) is 0 Å². The molecule has 0 amide bonds. The van der Waals surface area contributed by atoms with Crippen LogP contribution in [0.25, 0.3) is 0 Å². The van der Waals surface area contributed by atoms with Crippen molar-refractivity contribution >= 4 is 0 Å². The maximum Gasteiger partial charge on any atom is 0.0596 e. The van der Waals surface area contributed by atoms with E-state index < -0.39 is 0 Å². The summed E-state index contributed by atoms with van der Waals surface area (Å²) in [6.07, 6.45) is 5.11. The molecule has 0 spiro atoms. The summed E-state index contributed by atoms with van der Waals surface area (Å²) < 4.78 is 0. The van der Waals surface area contributed by atoms with Gasteiger partial charge in [-0.25, -0.2) is 0 Å². The third-order valence-corrected chi connectivity index (χ3v) is 1.04. The van der Waals surface area contributed by atoms with Crippen LogP contribution in [0.4, 0.5) is 0 Å². The van der Waals surface area contributed by atoms with Gasteiger partial charge in [-0.15, -0.1) is 6.42 Å². The third-order valence-electron chi connectivity index (χ3n) is 1.04. The normalized spacial score (nSPS) is 10.2. The van der Waals surface area contributed by atoms with Crippen LogP contribution in [-0.4, -0.2) is 25.0 Å². The monoisotopic (exact) mass is 125 g/mol. The summed E-state index contributed by atoms with van der Waals surface area (Å²) in [6.45, 7) is 6.22. The van der Waals surface area contributed by atoms with Gasteiger partial charge < -0.3 is 0 Å². The van der Waals surface area contributed by atoms with Crippen molar-refractivity contribution in [2.24, 2.45) is 5.92 Å². The molecule has 0 aliphatic rings. The average molecular weight is 125 g/mol. The van der Waals surface area contributed by atoms with Crippen molar-refractivity contribution < 1.29 is 0 Å². The molecule has 0 aromatic heterocycles. The van der Waals surface area contributed by atoms with Crippen LogP contribution in [0.2, 0.25) is 0 Å². The summed E-state index contributed by atoms with van der Waals surface area (Å²) in [5.41, 5.74) is 0. The predicted octanol–water partition coefficient (Wildman–Crippen LogP) is 1.21. The lowest BCUT2D eigenvalue weighted by molar-refractivity contribution is 0.328. The van der Waals surface area contributed by atoms with Crippen LogP contribution in [0, 0.1) is 18.3 Å². The van der Waals surface area contributed by atoms with Gasteiger partial charge >= 0.3 is 0 Å². The van der Waals surface area contributed by atoms with Crippen molar-refractivity contribution in [1.82, 2.24) is 4.90 Å². The van der Waals surface area contributed by atoms with Gasteiger partial charge in [0.05, 0.1) is 6.54 Å². The van der Waals surface area contributed by atoms with Gasteiger partial charge in [0, 0.05) is 6.54 Å². The second-order valence-corrected chi connectivity index (χ2v) is 2.79. The van der Waals surface area contributed by atoms with Crippen molar-refractivity contribution in [1.29, 1.82) is 0 Å². The van der Waals surface area contributed by atoms with E-state index in [0.29, 0.717) is 5.92 Å². The van der Waals surface area contributed by atoms with Crippen molar-refractivity contribution in [3.05, 3.63) is 0 Å². The van der Waals surface area contributed by atoms with E-state index >= 15 is 0 Å². The first-order valence-corrected chi connectivity index (χ1v) is 3.28. The molecule has 0 aliphatic carbocycles. The largest absolute Gasteiger partial charge is 0.295 e. The maximum absolute atomic E-state index is 5.11. The van der Waals surface area contributed by atoms with Gasteiger partial charge in [0.25, 0.3) is 0 Å². The molecule has 0 aromatic carbocycles. The van der Waals surface area contributed by atoms with E-state index in [0.717, 1.165) is 13.1 Å². The first-order valence-electron chi connectivity index (χ1n) is 3.28. The first kappa shape index (κ1) is 8.52. The van der Waals surface area contributed by atoms with Gasteiger partial charge in [0.15, 0.2) is 0 Å². The van der Waals surface area contributed by atoms with E-state index in [1.807, 2.05) is 7.05 Å². The zero-order valence-corrected chi connectivity index (χ0v) is 6.52. The molecule has 1 nitrogen and oxygen atoms in total. The Hall–Kier alpha value is -0.480. The molecule has 0 rings (SSSR count). The molecule has 0 fully saturated rings. The molecule has 0 bridgehead atoms. The molecular weight excluding hydrogens is 110 g/mol. The number of terminal acetylenes is 1. The minimum absolute atomic E-state index is 0.711. The van der Waals surface area contributed by atoms with Gasteiger partial charge in [0.2, 0.25) is 0 Å². The molecule has 0 saturated carbocycles. The Bertz CT molecular complexity index is 99.6. The fraction of sp³-hybridized carbons (Fsp3) is 0.750.